The van der Waals surface area contributed by atoms with Gasteiger partial charge in [0.15, 0.2) is 6.10 Å². The zero-order valence-corrected chi connectivity index (χ0v) is 14.8. The molecule has 0 aromatic heterocycles. The van der Waals surface area contributed by atoms with Gasteiger partial charge in [0.1, 0.15) is 0 Å². The molecule has 1 aliphatic carbocycles. The minimum absolute atomic E-state index is 0.183. The summed E-state index contributed by atoms with van der Waals surface area (Å²) in [6, 6.07) is 13.4. The molecule has 25 heavy (non-hydrogen) atoms. The van der Waals surface area contributed by atoms with E-state index in [0.717, 1.165) is 30.0 Å². The molecule has 1 aliphatic rings. The number of rotatable bonds is 4. The highest BCUT2D eigenvalue weighted by molar-refractivity contribution is 5.96. The molecule has 1 fully saturated rings. The summed E-state index contributed by atoms with van der Waals surface area (Å²) in [6.45, 7) is 3.79. The van der Waals surface area contributed by atoms with E-state index in [0.29, 0.717) is 11.5 Å². The maximum absolute atomic E-state index is 12.4. The van der Waals surface area contributed by atoms with Crippen LogP contribution in [0, 0.1) is 5.92 Å². The average Bonchev–Trinajstić information content (AvgIpc) is 2.63. The van der Waals surface area contributed by atoms with Crippen molar-refractivity contribution in [2.45, 2.75) is 51.7 Å². The van der Waals surface area contributed by atoms with Crippen LogP contribution in [0.1, 0.15) is 49.9 Å². The number of nitrogens with one attached hydrogen (secondary N) is 1. The van der Waals surface area contributed by atoms with Crippen LogP contribution in [0.2, 0.25) is 0 Å². The third-order valence-corrected chi connectivity index (χ3v) is 5.08. The second-order valence-electron chi connectivity index (χ2n) is 6.99. The molecular formula is C21H25NO3. The number of hydrogen-bond donors (Lipinski definition) is 1. The van der Waals surface area contributed by atoms with Crippen LogP contribution >= 0.6 is 0 Å². The topological polar surface area (TPSA) is 55.4 Å². The lowest BCUT2D eigenvalue weighted by molar-refractivity contribution is -0.130. The molecule has 3 atom stereocenters. The van der Waals surface area contributed by atoms with E-state index in [-0.39, 0.29) is 11.9 Å². The van der Waals surface area contributed by atoms with Crippen molar-refractivity contribution in [3.05, 3.63) is 48.0 Å². The second-order valence-corrected chi connectivity index (χ2v) is 6.99. The van der Waals surface area contributed by atoms with Crippen molar-refractivity contribution in [2.75, 3.05) is 0 Å². The van der Waals surface area contributed by atoms with Gasteiger partial charge in [0.2, 0.25) is 0 Å². The van der Waals surface area contributed by atoms with Gasteiger partial charge in [-0.2, -0.15) is 0 Å². The molecule has 0 bridgehead atoms. The molecule has 132 valence electrons. The van der Waals surface area contributed by atoms with Gasteiger partial charge in [0, 0.05) is 6.04 Å². The van der Waals surface area contributed by atoms with Crippen LogP contribution in [0.4, 0.5) is 0 Å². The van der Waals surface area contributed by atoms with E-state index in [1.54, 1.807) is 19.1 Å². The van der Waals surface area contributed by atoms with Crippen LogP contribution < -0.4 is 5.32 Å². The van der Waals surface area contributed by atoms with Gasteiger partial charge in [0.05, 0.1) is 5.56 Å². The fourth-order valence-electron chi connectivity index (χ4n) is 3.43. The summed E-state index contributed by atoms with van der Waals surface area (Å²) in [7, 11) is 0. The Morgan fingerprint density at radius 1 is 1.08 bits per heavy atom. The highest BCUT2D eigenvalue weighted by atomic mass is 16.5. The van der Waals surface area contributed by atoms with Gasteiger partial charge in [-0.25, -0.2) is 4.79 Å². The van der Waals surface area contributed by atoms with Gasteiger partial charge in [-0.1, -0.05) is 50.1 Å². The third kappa shape index (κ3) is 4.19. The van der Waals surface area contributed by atoms with E-state index in [1.807, 2.05) is 30.3 Å². The van der Waals surface area contributed by atoms with Crippen molar-refractivity contribution in [3.8, 4) is 0 Å². The summed E-state index contributed by atoms with van der Waals surface area (Å²) in [5.74, 6) is -0.209. The fraction of sp³-hybridized carbons (Fsp3) is 0.429. The zero-order chi connectivity index (χ0) is 17.8. The maximum atomic E-state index is 12.4. The lowest BCUT2D eigenvalue weighted by atomic mass is 9.86. The van der Waals surface area contributed by atoms with E-state index in [1.165, 1.54) is 6.42 Å². The van der Waals surface area contributed by atoms with Crippen LogP contribution in [0.25, 0.3) is 10.8 Å². The van der Waals surface area contributed by atoms with Crippen molar-refractivity contribution in [3.63, 3.8) is 0 Å². The molecule has 2 aromatic rings. The van der Waals surface area contributed by atoms with Crippen molar-refractivity contribution < 1.29 is 14.3 Å². The highest BCUT2D eigenvalue weighted by Crippen LogP contribution is 2.24. The molecule has 0 heterocycles. The molecule has 3 rings (SSSR count). The van der Waals surface area contributed by atoms with Gasteiger partial charge in [-0.3, -0.25) is 4.79 Å². The summed E-state index contributed by atoms with van der Waals surface area (Å²) in [6.07, 6.45) is 3.70. The van der Waals surface area contributed by atoms with Gasteiger partial charge in [-0.15, -0.1) is 0 Å². The number of carbonyl (C=O) groups excluding carboxylic acids is 2. The van der Waals surface area contributed by atoms with Crippen LogP contribution in [-0.2, 0) is 9.53 Å². The highest BCUT2D eigenvalue weighted by Gasteiger charge is 2.26. The molecule has 4 heteroatoms. The monoisotopic (exact) mass is 339 g/mol. The zero-order valence-electron chi connectivity index (χ0n) is 14.8. The van der Waals surface area contributed by atoms with Crippen LogP contribution in [0.3, 0.4) is 0 Å². The number of benzene rings is 2. The summed E-state index contributed by atoms with van der Waals surface area (Å²) in [5, 5.41) is 5.08. The largest absolute Gasteiger partial charge is 0.449 e. The van der Waals surface area contributed by atoms with Crippen LogP contribution in [0.5, 0.6) is 0 Å². The summed E-state index contributed by atoms with van der Waals surface area (Å²) >= 11 is 0. The Balaban J connectivity index is 1.61. The predicted molar refractivity (Wildman–Crippen MR) is 98.4 cm³/mol. The van der Waals surface area contributed by atoms with E-state index in [9.17, 15) is 9.59 Å². The van der Waals surface area contributed by atoms with E-state index >= 15 is 0 Å². The minimum Gasteiger partial charge on any atom is -0.449 e. The summed E-state index contributed by atoms with van der Waals surface area (Å²) < 4.78 is 5.37. The molecule has 1 saturated carbocycles. The number of hydrogen-bond acceptors (Lipinski definition) is 3. The number of carbonyl (C=O) groups is 2. The molecule has 4 nitrogen and oxygen atoms in total. The van der Waals surface area contributed by atoms with Crippen molar-refractivity contribution in [1.82, 2.24) is 5.32 Å². The summed E-state index contributed by atoms with van der Waals surface area (Å²) in [4.78, 5) is 24.7. The van der Waals surface area contributed by atoms with Crippen molar-refractivity contribution in [2.24, 2.45) is 5.92 Å². The second kappa shape index (κ2) is 7.68. The van der Waals surface area contributed by atoms with Gasteiger partial charge in [-0.05, 0) is 48.6 Å². The lowest BCUT2D eigenvalue weighted by Gasteiger charge is -2.30. The Morgan fingerprint density at radius 2 is 1.80 bits per heavy atom. The Kier molecular flexibility index (Phi) is 5.37. The molecular weight excluding hydrogens is 314 g/mol. The van der Waals surface area contributed by atoms with Gasteiger partial charge < -0.3 is 10.1 Å². The maximum Gasteiger partial charge on any atom is 0.338 e. The molecule has 0 spiro atoms. The first-order valence-electron chi connectivity index (χ1n) is 9.05. The van der Waals surface area contributed by atoms with E-state index in [4.69, 9.17) is 4.74 Å². The number of amides is 1. The molecule has 0 unspecified atom stereocenters. The number of esters is 1. The molecule has 1 amide bonds. The van der Waals surface area contributed by atoms with Gasteiger partial charge in [0.25, 0.3) is 5.91 Å². The minimum atomic E-state index is -0.798. The van der Waals surface area contributed by atoms with Crippen LogP contribution in [-0.4, -0.2) is 24.0 Å². The van der Waals surface area contributed by atoms with E-state index < -0.39 is 12.1 Å². The Labute approximate surface area is 148 Å². The summed E-state index contributed by atoms with van der Waals surface area (Å²) in [5.41, 5.74) is 0.462. The Morgan fingerprint density at radius 3 is 2.56 bits per heavy atom. The molecule has 0 radical (unpaired) electrons. The molecule has 1 N–H and O–H groups in total. The van der Waals surface area contributed by atoms with Crippen molar-refractivity contribution >= 4 is 22.6 Å². The standard InChI is InChI=1S/C21H25NO3/c1-14-7-3-6-10-19(14)22-20(23)15(2)25-21(24)18-12-11-16-8-4-5-9-17(16)13-18/h4-5,8-9,11-15,19H,3,6-7,10H2,1-2H3,(H,22,23)/t14-,15-,19+/m1/s1. The number of ether oxygens (including phenoxy) is 1. The van der Waals surface area contributed by atoms with Crippen molar-refractivity contribution in [1.29, 1.82) is 0 Å². The Bertz CT molecular complexity index is 771. The molecule has 0 saturated heterocycles. The number of fused-ring (bicyclic) bond motifs is 1. The fourth-order valence-corrected chi connectivity index (χ4v) is 3.43. The average molecular weight is 339 g/mol. The predicted octanol–water partition coefficient (Wildman–Crippen LogP) is 4.08. The first-order valence-corrected chi connectivity index (χ1v) is 9.05. The quantitative estimate of drug-likeness (QED) is 0.854. The Hall–Kier alpha value is -2.36. The normalized spacial score (nSPS) is 21.5. The first kappa shape index (κ1) is 17.5. The molecule has 0 aliphatic heterocycles. The van der Waals surface area contributed by atoms with Crippen LogP contribution in [0.15, 0.2) is 42.5 Å². The smallest absolute Gasteiger partial charge is 0.338 e. The first-order chi connectivity index (χ1) is 12.0. The van der Waals surface area contributed by atoms with E-state index in [2.05, 4.69) is 12.2 Å². The van der Waals surface area contributed by atoms with Gasteiger partial charge >= 0.3 is 5.97 Å². The SMILES string of the molecule is C[C@@H]1CCCC[C@@H]1NC(=O)[C@@H](C)OC(=O)c1ccc2ccccc2c1. The lowest BCUT2D eigenvalue weighted by Crippen LogP contribution is -2.45. The third-order valence-electron chi connectivity index (χ3n) is 5.08. The molecule has 2 aromatic carbocycles.